The number of nitrogens with one attached hydrogen (secondary N) is 2. The molecule has 8 nitrogen and oxygen atoms in total. The van der Waals surface area contributed by atoms with Crippen molar-refractivity contribution in [2.45, 2.75) is 13.8 Å². The second-order valence-electron chi connectivity index (χ2n) is 6.23. The highest BCUT2D eigenvalue weighted by atomic mass is 16.2. The molecule has 0 spiro atoms. The molecule has 1 amide bonds. The lowest BCUT2D eigenvalue weighted by Crippen LogP contribution is -2.16. The fraction of sp³-hybridized carbons (Fsp3) is 0.100. The Hall–Kier alpha value is -3.94. The standard InChI is InChI=1S/C20H17N7O/c1-12-6-8-14(9-7-12)16-11-17(27-26-16)19(28)25-20-23-13(2)22-18(24-20)15-5-3-4-10-21-15/h3-11H,1-2H3,(H,26,27)(H,22,23,24,25,28). The van der Waals surface area contributed by atoms with Gasteiger partial charge in [-0.15, -0.1) is 0 Å². The van der Waals surface area contributed by atoms with Crippen LogP contribution in [0.5, 0.6) is 0 Å². The summed E-state index contributed by atoms with van der Waals surface area (Å²) in [5.74, 6) is 0.650. The van der Waals surface area contributed by atoms with Crippen LogP contribution in [0.3, 0.4) is 0 Å². The molecule has 0 saturated carbocycles. The van der Waals surface area contributed by atoms with Gasteiger partial charge in [0.1, 0.15) is 17.2 Å². The lowest BCUT2D eigenvalue weighted by atomic mass is 10.1. The van der Waals surface area contributed by atoms with Crippen LogP contribution in [-0.2, 0) is 0 Å². The second kappa shape index (κ2) is 7.36. The molecule has 3 aromatic heterocycles. The van der Waals surface area contributed by atoms with Crippen LogP contribution >= 0.6 is 0 Å². The van der Waals surface area contributed by atoms with Crippen LogP contribution in [0.2, 0.25) is 0 Å². The quantitative estimate of drug-likeness (QED) is 0.570. The fourth-order valence-corrected chi connectivity index (χ4v) is 2.63. The summed E-state index contributed by atoms with van der Waals surface area (Å²) in [6, 6.07) is 15.0. The molecule has 4 aromatic rings. The van der Waals surface area contributed by atoms with E-state index in [2.05, 4.69) is 35.5 Å². The monoisotopic (exact) mass is 371 g/mol. The van der Waals surface area contributed by atoms with Crippen molar-refractivity contribution >= 4 is 11.9 Å². The minimum absolute atomic E-state index is 0.157. The number of H-pyrrole nitrogens is 1. The van der Waals surface area contributed by atoms with E-state index in [0.717, 1.165) is 11.1 Å². The summed E-state index contributed by atoms with van der Waals surface area (Å²) in [6.45, 7) is 3.75. The third-order valence-electron chi connectivity index (χ3n) is 4.04. The Morgan fingerprint density at radius 2 is 1.79 bits per heavy atom. The van der Waals surface area contributed by atoms with Gasteiger partial charge in [0, 0.05) is 11.8 Å². The number of aromatic amines is 1. The number of benzene rings is 1. The van der Waals surface area contributed by atoms with Gasteiger partial charge in [0.05, 0.1) is 5.69 Å². The molecular weight excluding hydrogens is 354 g/mol. The normalized spacial score (nSPS) is 10.6. The lowest BCUT2D eigenvalue weighted by Gasteiger charge is -2.05. The topological polar surface area (TPSA) is 109 Å². The summed E-state index contributed by atoms with van der Waals surface area (Å²) >= 11 is 0. The number of pyridine rings is 1. The molecule has 0 atom stereocenters. The van der Waals surface area contributed by atoms with Crippen molar-refractivity contribution in [1.29, 1.82) is 0 Å². The maximum atomic E-state index is 12.6. The zero-order valence-corrected chi connectivity index (χ0v) is 15.3. The summed E-state index contributed by atoms with van der Waals surface area (Å²) < 4.78 is 0. The van der Waals surface area contributed by atoms with Gasteiger partial charge in [0.15, 0.2) is 5.82 Å². The van der Waals surface area contributed by atoms with E-state index in [-0.39, 0.29) is 11.9 Å². The van der Waals surface area contributed by atoms with Crippen molar-refractivity contribution in [3.63, 3.8) is 0 Å². The highest BCUT2D eigenvalue weighted by Gasteiger charge is 2.14. The van der Waals surface area contributed by atoms with Crippen molar-refractivity contribution < 1.29 is 4.79 Å². The van der Waals surface area contributed by atoms with E-state index in [1.165, 1.54) is 0 Å². The van der Waals surface area contributed by atoms with Crippen molar-refractivity contribution in [1.82, 2.24) is 30.1 Å². The SMILES string of the molecule is Cc1ccc(-c2cc(C(=O)Nc3nc(C)nc(-c4ccccn4)n3)[nH]n2)cc1. The smallest absolute Gasteiger partial charge is 0.276 e. The van der Waals surface area contributed by atoms with Gasteiger partial charge in [0.25, 0.3) is 5.91 Å². The molecule has 0 bridgehead atoms. The summed E-state index contributed by atoms with van der Waals surface area (Å²) in [5.41, 5.74) is 3.69. The van der Waals surface area contributed by atoms with Gasteiger partial charge < -0.3 is 0 Å². The average Bonchev–Trinajstić information content (AvgIpc) is 3.19. The van der Waals surface area contributed by atoms with Crippen molar-refractivity contribution in [3.8, 4) is 22.8 Å². The van der Waals surface area contributed by atoms with Crippen LogP contribution < -0.4 is 5.32 Å². The minimum atomic E-state index is -0.386. The van der Waals surface area contributed by atoms with Crippen molar-refractivity contribution in [3.05, 3.63) is 71.8 Å². The summed E-state index contributed by atoms with van der Waals surface area (Å²) in [7, 11) is 0. The zero-order chi connectivity index (χ0) is 19.5. The van der Waals surface area contributed by atoms with Gasteiger partial charge in [-0.05, 0) is 32.0 Å². The molecule has 0 aliphatic heterocycles. The van der Waals surface area contributed by atoms with Gasteiger partial charge >= 0.3 is 0 Å². The first-order chi connectivity index (χ1) is 13.6. The van der Waals surface area contributed by atoms with Crippen LogP contribution in [0.4, 0.5) is 5.95 Å². The van der Waals surface area contributed by atoms with Gasteiger partial charge in [-0.25, -0.2) is 4.98 Å². The van der Waals surface area contributed by atoms with Gasteiger partial charge in [-0.1, -0.05) is 35.9 Å². The third-order valence-corrected chi connectivity index (χ3v) is 4.04. The molecule has 0 unspecified atom stereocenters. The molecule has 0 saturated heterocycles. The molecule has 0 fully saturated rings. The van der Waals surface area contributed by atoms with Crippen LogP contribution in [-0.4, -0.2) is 36.0 Å². The lowest BCUT2D eigenvalue weighted by molar-refractivity contribution is 0.102. The van der Waals surface area contributed by atoms with Crippen LogP contribution in [0.15, 0.2) is 54.7 Å². The zero-order valence-electron chi connectivity index (χ0n) is 15.3. The molecule has 0 aliphatic rings. The number of carbonyl (C=O) groups excluding carboxylic acids is 1. The molecule has 0 aliphatic carbocycles. The van der Waals surface area contributed by atoms with Crippen molar-refractivity contribution in [2.75, 3.05) is 5.32 Å². The molecule has 4 rings (SSSR count). The average molecular weight is 371 g/mol. The predicted octanol–water partition coefficient (Wildman–Crippen LogP) is 3.19. The second-order valence-corrected chi connectivity index (χ2v) is 6.23. The van der Waals surface area contributed by atoms with E-state index in [1.54, 1.807) is 25.3 Å². The van der Waals surface area contributed by atoms with Crippen LogP contribution in [0, 0.1) is 13.8 Å². The van der Waals surface area contributed by atoms with Crippen LogP contribution in [0.1, 0.15) is 21.9 Å². The highest BCUT2D eigenvalue weighted by Crippen LogP contribution is 2.19. The third kappa shape index (κ3) is 3.75. The largest absolute Gasteiger partial charge is 0.289 e. The Morgan fingerprint density at radius 3 is 2.54 bits per heavy atom. The molecule has 2 N–H and O–H groups in total. The number of carbonyl (C=O) groups is 1. The fourth-order valence-electron chi connectivity index (χ4n) is 2.63. The van der Waals surface area contributed by atoms with E-state index >= 15 is 0 Å². The first-order valence-electron chi connectivity index (χ1n) is 8.66. The Labute approximate surface area is 161 Å². The maximum Gasteiger partial charge on any atom is 0.276 e. The number of aryl methyl sites for hydroxylation is 2. The predicted molar refractivity (Wildman–Crippen MR) is 105 cm³/mol. The Bertz CT molecular complexity index is 1120. The summed E-state index contributed by atoms with van der Waals surface area (Å²) in [5, 5.41) is 9.65. The van der Waals surface area contributed by atoms with E-state index in [1.807, 2.05) is 43.3 Å². The molecule has 1 aromatic carbocycles. The molecule has 8 heteroatoms. The Balaban J connectivity index is 1.56. The van der Waals surface area contributed by atoms with E-state index < -0.39 is 0 Å². The molecular formula is C20H17N7O. The number of amides is 1. The summed E-state index contributed by atoms with van der Waals surface area (Å²) in [4.78, 5) is 29.6. The van der Waals surface area contributed by atoms with E-state index in [4.69, 9.17) is 0 Å². The van der Waals surface area contributed by atoms with Gasteiger partial charge in [-0.2, -0.15) is 15.1 Å². The number of anilines is 1. The number of rotatable bonds is 4. The van der Waals surface area contributed by atoms with E-state index in [9.17, 15) is 4.79 Å². The van der Waals surface area contributed by atoms with Gasteiger partial charge in [0.2, 0.25) is 5.95 Å². The first kappa shape index (κ1) is 17.5. The van der Waals surface area contributed by atoms with E-state index in [0.29, 0.717) is 28.7 Å². The number of hydrogen-bond donors (Lipinski definition) is 2. The summed E-state index contributed by atoms with van der Waals surface area (Å²) in [6.07, 6.45) is 1.66. The minimum Gasteiger partial charge on any atom is -0.289 e. The molecule has 138 valence electrons. The van der Waals surface area contributed by atoms with Crippen molar-refractivity contribution in [2.24, 2.45) is 0 Å². The Morgan fingerprint density at radius 1 is 0.964 bits per heavy atom. The molecule has 3 heterocycles. The van der Waals surface area contributed by atoms with Gasteiger partial charge in [-0.3, -0.25) is 20.2 Å². The molecule has 28 heavy (non-hydrogen) atoms. The van der Waals surface area contributed by atoms with Crippen LogP contribution in [0.25, 0.3) is 22.8 Å². The Kier molecular flexibility index (Phi) is 4.59. The first-order valence-corrected chi connectivity index (χ1v) is 8.66. The molecule has 0 radical (unpaired) electrons. The highest BCUT2D eigenvalue weighted by molar-refractivity contribution is 6.02. The number of aromatic nitrogens is 6. The number of hydrogen-bond acceptors (Lipinski definition) is 6. The number of nitrogens with zero attached hydrogens (tertiary/aromatic N) is 5. The maximum absolute atomic E-state index is 12.6.